The molecule has 0 saturated heterocycles. The zero-order valence-corrected chi connectivity index (χ0v) is 40.2. The van der Waals surface area contributed by atoms with Crippen molar-refractivity contribution in [2.45, 2.75) is 290 Å². The first-order chi connectivity index (χ1) is 29.5. The Morgan fingerprint density at radius 2 is 0.600 bits per heavy atom. The molecule has 0 fully saturated rings. The van der Waals surface area contributed by atoms with Crippen molar-refractivity contribution in [3.05, 3.63) is 24.3 Å². The van der Waals surface area contributed by atoms with Crippen LogP contribution in [0.5, 0.6) is 0 Å². The predicted molar refractivity (Wildman–Crippen MR) is 256 cm³/mol. The summed E-state index contributed by atoms with van der Waals surface area (Å²) in [6.45, 7) is 6.63. The molecule has 0 bridgehead atoms. The second kappa shape index (κ2) is 49.5. The Balaban J connectivity index is 4.32. The van der Waals surface area contributed by atoms with E-state index in [0.29, 0.717) is 19.3 Å². The summed E-state index contributed by atoms with van der Waals surface area (Å²) in [5.41, 5.74) is 0. The Kier molecular flexibility index (Phi) is 47.8. The number of allylic oxidation sites excluding steroid dienone is 4. The van der Waals surface area contributed by atoms with E-state index >= 15 is 0 Å². The van der Waals surface area contributed by atoms with Crippen molar-refractivity contribution in [3.8, 4) is 0 Å². The number of esters is 3. The van der Waals surface area contributed by atoms with Crippen LogP contribution in [-0.4, -0.2) is 37.2 Å². The van der Waals surface area contributed by atoms with Crippen LogP contribution in [0.4, 0.5) is 0 Å². The fourth-order valence-electron chi connectivity index (χ4n) is 7.71. The first-order valence-electron chi connectivity index (χ1n) is 26.3. The van der Waals surface area contributed by atoms with E-state index in [1.54, 1.807) is 0 Å². The molecule has 0 rings (SSSR count). The quantitative estimate of drug-likeness (QED) is 0.0263. The van der Waals surface area contributed by atoms with Crippen LogP contribution in [0, 0.1) is 0 Å². The summed E-state index contributed by atoms with van der Waals surface area (Å²) in [5, 5.41) is 0. The highest BCUT2D eigenvalue weighted by Gasteiger charge is 2.19. The van der Waals surface area contributed by atoms with Crippen LogP contribution < -0.4 is 0 Å². The second-order valence-electron chi connectivity index (χ2n) is 17.8. The van der Waals surface area contributed by atoms with Crippen LogP contribution in [0.1, 0.15) is 284 Å². The number of carbonyl (C=O) groups is 3. The van der Waals surface area contributed by atoms with Crippen LogP contribution in [0.15, 0.2) is 24.3 Å². The summed E-state index contributed by atoms with van der Waals surface area (Å²) in [6.07, 6.45) is 55.9. The maximum absolute atomic E-state index is 12.8. The number of rotatable bonds is 48. The molecule has 0 aromatic carbocycles. The van der Waals surface area contributed by atoms with Gasteiger partial charge in [-0.1, -0.05) is 238 Å². The molecular weight excluding hydrogens is 745 g/mol. The molecule has 6 nitrogen and oxygen atoms in total. The zero-order chi connectivity index (χ0) is 43.7. The minimum atomic E-state index is -0.770. The summed E-state index contributed by atoms with van der Waals surface area (Å²) in [6, 6.07) is 0. The lowest BCUT2D eigenvalue weighted by Gasteiger charge is -2.18. The van der Waals surface area contributed by atoms with E-state index in [4.69, 9.17) is 14.2 Å². The summed E-state index contributed by atoms with van der Waals surface area (Å²) in [7, 11) is 0. The third-order valence-corrected chi connectivity index (χ3v) is 11.7. The fraction of sp³-hybridized carbons (Fsp3) is 0.870. The topological polar surface area (TPSA) is 78.9 Å². The summed E-state index contributed by atoms with van der Waals surface area (Å²) >= 11 is 0. The molecule has 0 heterocycles. The maximum atomic E-state index is 12.8. The molecule has 1 unspecified atom stereocenters. The van der Waals surface area contributed by atoms with Gasteiger partial charge in [-0.2, -0.15) is 0 Å². The van der Waals surface area contributed by atoms with Crippen LogP contribution in [0.25, 0.3) is 0 Å². The second-order valence-corrected chi connectivity index (χ2v) is 17.8. The van der Waals surface area contributed by atoms with Gasteiger partial charge in [-0.05, 0) is 51.4 Å². The van der Waals surface area contributed by atoms with Crippen LogP contribution in [0.3, 0.4) is 0 Å². The molecule has 0 aliphatic heterocycles. The molecule has 0 spiro atoms. The van der Waals surface area contributed by atoms with E-state index in [1.165, 1.54) is 167 Å². The lowest BCUT2D eigenvalue weighted by molar-refractivity contribution is -0.167. The van der Waals surface area contributed by atoms with E-state index in [1.807, 2.05) is 0 Å². The Morgan fingerprint density at radius 1 is 0.333 bits per heavy atom. The average Bonchev–Trinajstić information content (AvgIpc) is 3.24. The van der Waals surface area contributed by atoms with Gasteiger partial charge in [0.05, 0.1) is 0 Å². The highest BCUT2D eigenvalue weighted by atomic mass is 16.6. The first-order valence-corrected chi connectivity index (χ1v) is 26.3. The maximum Gasteiger partial charge on any atom is 0.306 e. The Hall–Kier alpha value is -2.11. The fourth-order valence-corrected chi connectivity index (χ4v) is 7.71. The lowest BCUT2D eigenvalue weighted by atomic mass is 10.0. The summed E-state index contributed by atoms with van der Waals surface area (Å²) in [5.74, 6) is -0.872. The molecule has 0 aromatic heterocycles. The predicted octanol–water partition coefficient (Wildman–Crippen LogP) is 17.2. The van der Waals surface area contributed by atoms with E-state index in [2.05, 4.69) is 45.1 Å². The van der Waals surface area contributed by atoms with Crippen LogP contribution in [0.2, 0.25) is 0 Å². The van der Waals surface area contributed by atoms with Gasteiger partial charge in [-0.3, -0.25) is 14.4 Å². The van der Waals surface area contributed by atoms with Crippen molar-refractivity contribution in [3.63, 3.8) is 0 Å². The Labute approximate surface area is 373 Å². The van der Waals surface area contributed by atoms with Gasteiger partial charge in [0.2, 0.25) is 0 Å². The van der Waals surface area contributed by atoms with Crippen molar-refractivity contribution in [1.29, 1.82) is 0 Å². The molecule has 1 atom stereocenters. The molecule has 6 heteroatoms. The number of hydrogen-bond donors (Lipinski definition) is 0. The highest BCUT2D eigenvalue weighted by Crippen LogP contribution is 2.16. The van der Waals surface area contributed by atoms with E-state index in [0.717, 1.165) is 77.0 Å². The Morgan fingerprint density at radius 3 is 0.933 bits per heavy atom. The molecule has 352 valence electrons. The first kappa shape index (κ1) is 57.9. The number of carbonyl (C=O) groups excluding carboxylic acids is 3. The number of ether oxygens (including phenoxy) is 3. The number of unbranched alkanes of at least 4 members (excludes halogenated alkanes) is 33. The summed E-state index contributed by atoms with van der Waals surface area (Å²) in [4.78, 5) is 37.9. The molecule has 0 saturated carbocycles. The number of hydrogen-bond acceptors (Lipinski definition) is 6. The van der Waals surface area contributed by atoms with Crippen LogP contribution in [-0.2, 0) is 28.6 Å². The van der Waals surface area contributed by atoms with Gasteiger partial charge in [0.15, 0.2) is 6.10 Å². The molecule has 60 heavy (non-hydrogen) atoms. The monoisotopic (exact) mass is 845 g/mol. The molecular formula is C54H100O6. The molecule has 0 N–H and O–H groups in total. The zero-order valence-electron chi connectivity index (χ0n) is 40.2. The molecule has 0 aliphatic carbocycles. The lowest BCUT2D eigenvalue weighted by Crippen LogP contribution is -2.30. The van der Waals surface area contributed by atoms with E-state index < -0.39 is 6.10 Å². The van der Waals surface area contributed by atoms with Gasteiger partial charge >= 0.3 is 17.9 Å². The highest BCUT2D eigenvalue weighted by molar-refractivity contribution is 5.71. The van der Waals surface area contributed by atoms with Gasteiger partial charge in [0, 0.05) is 19.3 Å². The van der Waals surface area contributed by atoms with Crippen LogP contribution >= 0.6 is 0 Å². The summed E-state index contributed by atoms with van der Waals surface area (Å²) < 4.78 is 16.8. The van der Waals surface area contributed by atoms with Gasteiger partial charge in [-0.15, -0.1) is 0 Å². The third-order valence-electron chi connectivity index (χ3n) is 11.7. The minimum Gasteiger partial charge on any atom is -0.462 e. The van der Waals surface area contributed by atoms with Gasteiger partial charge in [-0.25, -0.2) is 0 Å². The van der Waals surface area contributed by atoms with Gasteiger partial charge in [0.1, 0.15) is 13.2 Å². The standard InChI is InChI=1S/C54H100O6/c1-4-7-10-13-16-19-22-24-26-28-30-32-35-38-41-44-47-53(56)59-50-51(49-58-52(55)46-43-40-37-34-21-18-15-12-9-6-3)60-54(57)48-45-42-39-36-33-31-29-27-25-23-20-17-14-11-8-5-2/h19,22,26,28,51H,4-18,20-21,23-25,27,29-50H2,1-3H3/b22-19-,28-26-. The van der Waals surface area contributed by atoms with E-state index in [9.17, 15) is 14.4 Å². The average molecular weight is 845 g/mol. The molecule has 0 aliphatic rings. The Bertz CT molecular complexity index is 973. The smallest absolute Gasteiger partial charge is 0.306 e. The van der Waals surface area contributed by atoms with Crippen molar-refractivity contribution in [1.82, 2.24) is 0 Å². The minimum absolute atomic E-state index is 0.0711. The normalized spacial score (nSPS) is 12.1. The van der Waals surface area contributed by atoms with Crippen molar-refractivity contribution >= 4 is 17.9 Å². The molecule has 0 radical (unpaired) electrons. The largest absolute Gasteiger partial charge is 0.462 e. The molecule has 0 amide bonds. The SMILES string of the molecule is CCCCCC/C=C\C/C=C\CCCCCCCC(=O)OCC(COC(=O)CCCCCCCCCCCC)OC(=O)CCCCCCCCCCCCCCCCCC. The van der Waals surface area contributed by atoms with Crippen molar-refractivity contribution in [2.75, 3.05) is 13.2 Å². The van der Waals surface area contributed by atoms with Gasteiger partial charge < -0.3 is 14.2 Å². The molecule has 0 aromatic rings. The van der Waals surface area contributed by atoms with Crippen molar-refractivity contribution < 1.29 is 28.6 Å². The van der Waals surface area contributed by atoms with Crippen molar-refractivity contribution in [2.24, 2.45) is 0 Å². The van der Waals surface area contributed by atoms with Gasteiger partial charge in [0.25, 0.3) is 0 Å². The third kappa shape index (κ3) is 46.9. The van der Waals surface area contributed by atoms with E-state index in [-0.39, 0.29) is 31.1 Å².